The van der Waals surface area contributed by atoms with E-state index in [1.807, 2.05) is 0 Å². The van der Waals surface area contributed by atoms with Gasteiger partial charge in [0.15, 0.2) is 6.29 Å². The Morgan fingerprint density at radius 3 is 2.67 bits per heavy atom. The Bertz CT molecular complexity index is 192. The molecule has 0 aromatic heterocycles. The molecule has 5 atom stereocenters. The topological polar surface area (TPSA) is 29.5 Å². The van der Waals surface area contributed by atoms with Gasteiger partial charge >= 0.3 is 0 Å². The van der Waals surface area contributed by atoms with Crippen molar-refractivity contribution in [3.05, 3.63) is 0 Å². The van der Waals surface area contributed by atoms with E-state index in [1.165, 1.54) is 25.7 Å². The van der Waals surface area contributed by atoms with Crippen LogP contribution < -0.4 is 0 Å². The molecule has 0 aromatic rings. The first kappa shape index (κ1) is 7.34. The van der Waals surface area contributed by atoms with Crippen LogP contribution in [0.3, 0.4) is 0 Å². The van der Waals surface area contributed by atoms with E-state index in [1.54, 1.807) is 0 Å². The van der Waals surface area contributed by atoms with Gasteiger partial charge in [0, 0.05) is 5.92 Å². The summed E-state index contributed by atoms with van der Waals surface area (Å²) in [4.78, 5) is 0. The second-order valence-corrected chi connectivity index (χ2v) is 4.64. The van der Waals surface area contributed by atoms with Crippen molar-refractivity contribution >= 4 is 0 Å². The molecule has 2 heteroatoms. The molecule has 1 saturated heterocycles. The summed E-state index contributed by atoms with van der Waals surface area (Å²) in [5.41, 5.74) is 0. The third kappa shape index (κ3) is 0.826. The van der Waals surface area contributed by atoms with Crippen LogP contribution in [0.25, 0.3) is 0 Å². The molecule has 0 bridgehead atoms. The molecule has 2 saturated carbocycles. The molecular weight excluding hydrogens is 152 g/mol. The maximum atomic E-state index is 9.62. The van der Waals surface area contributed by atoms with Crippen molar-refractivity contribution in [2.75, 3.05) is 6.61 Å². The minimum absolute atomic E-state index is 0.436. The third-order valence-electron chi connectivity index (χ3n) is 4.21. The largest absolute Gasteiger partial charge is 0.368 e. The summed E-state index contributed by atoms with van der Waals surface area (Å²) in [6, 6.07) is 0. The molecule has 0 aromatic carbocycles. The first-order valence-electron chi connectivity index (χ1n) is 5.16. The maximum Gasteiger partial charge on any atom is 0.157 e. The molecule has 2 nitrogen and oxygen atoms in total. The molecule has 1 heterocycles. The van der Waals surface area contributed by atoms with E-state index in [4.69, 9.17) is 4.74 Å². The fraction of sp³-hybridized carbons (Fsp3) is 1.00. The predicted molar refractivity (Wildman–Crippen MR) is 44.4 cm³/mol. The second-order valence-electron chi connectivity index (χ2n) is 4.64. The van der Waals surface area contributed by atoms with Crippen molar-refractivity contribution in [1.82, 2.24) is 0 Å². The van der Waals surface area contributed by atoms with E-state index >= 15 is 0 Å². The molecule has 2 aliphatic carbocycles. The molecule has 1 aliphatic heterocycles. The van der Waals surface area contributed by atoms with Gasteiger partial charge in [0.1, 0.15) is 0 Å². The van der Waals surface area contributed by atoms with Gasteiger partial charge in [0.05, 0.1) is 6.61 Å². The Morgan fingerprint density at radius 1 is 1.00 bits per heavy atom. The number of aliphatic hydroxyl groups is 1. The molecule has 0 spiro atoms. The number of aliphatic hydroxyl groups excluding tert-OH is 1. The normalized spacial score (nSPS) is 57.2. The van der Waals surface area contributed by atoms with Gasteiger partial charge in [0.25, 0.3) is 0 Å². The Balaban J connectivity index is 1.89. The molecule has 5 unspecified atom stereocenters. The minimum Gasteiger partial charge on any atom is -0.368 e. The number of hydrogen-bond acceptors (Lipinski definition) is 2. The summed E-state index contributed by atoms with van der Waals surface area (Å²) < 4.78 is 5.38. The highest BCUT2D eigenvalue weighted by Gasteiger charge is 2.50. The van der Waals surface area contributed by atoms with Gasteiger partial charge < -0.3 is 9.84 Å². The summed E-state index contributed by atoms with van der Waals surface area (Å²) in [6.07, 6.45) is 4.84. The average Bonchev–Trinajstić information content (AvgIpc) is 2.61. The first-order chi connectivity index (χ1) is 5.86. The van der Waals surface area contributed by atoms with E-state index in [0.717, 1.165) is 24.4 Å². The Morgan fingerprint density at radius 2 is 1.75 bits per heavy atom. The zero-order valence-corrected chi connectivity index (χ0v) is 7.28. The minimum atomic E-state index is -0.436. The average molecular weight is 168 g/mol. The van der Waals surface area contributed by atoms with Crippen LogP contribution in [0.1, 0.15) is 25.7 Å². The molecule has 1 N–H and O–H groups in total. The zero-order valence-electron chi connectivity index (χ0n) is 7.28. The van der Waals surface area contributed by atoms with Crippen LogP contribution in [0.4, 0.5) is 0 Å². The summed E-state index contributed by atoms with van der Waals surface area (Å²) in [6.45, 7) is 0.818. The van der Waals surface area contributed by atoms with Gasteiger partial charge in [-0.1, -0.05) is 0 Å². The lowest BCUT2D eigenvalue weighted by atomic mass is 9.83. The van der Waals surface area contributed by atoms with Crippen molar-refractivity contribution in [1.29, 1.82) is 0 Å². The Labute approximate surface area is 72.9 Å². The van der Waals surface area contributed by atoms with Crippen molar-refractivity contribution in [3.63, 3.8) is 0 Å². The SMILES string of the molecule is OC1OCC2CCC3CCC1C32. The highest BCUT2D eigenvalue weighted by molar-refractivity contribution is 4.97. The highest BCUT2D eigenvalue weighted by atomic mass is 16.6. The van der Waals surface area contributed by atoms with Crippen LogP contribution in [0.15, 0.2) is 0 Å². The number of hydrogen-bond donors (Lipinski definition) is 1. The van der Waals surface area contributed by atoms with E-state index in [9.17, 15) is 5.11 Å². The van der Waals surface area contributed by atoms with Crippen molar-refractivity contribution in [2.24, 2.45) is 23.7 Å². The third-order valence-corrected chi connectivity index (χ3v) is 4.21. The van der Waals surface area contributed by atoms with Crippen molar-refractivity contribution < 1.29 is 9.84 Å². The summed E-state index contributed by atoms with van der Waals surface area (Å²) in [5, 5.41) is 9.62. The molecule has 3 rings (SSSR count). The van der Waals surface area contributed by atoms with Gasteiger partial charge in [-0.3, -0.25) is 0 Å². The molecule has 68 valence electrons. The lowest BCUT2D eigenvalue weighted by molar-refractivity contribution is -0.187. The van der Waals surface area contributed by atoms with Gasteiger partial charge in [-0.15, -0.1) is 0 Å². The van der Waals surface area contributed by atoms with Crippen LogP contribution in [0.5, 0.6) is 0 Å². The van der Waals surface area contributed by atoms with Gasteiger partial charge in [0.2, 0.25) is 0 Å². The van der Waals surface area contributed by atoms with E-state index in [0.29, 0.717) is 5.92 Å². The number of ether oxygens (including phenoxy) is 1. The van der Waals surface area contributed by atoms with E-state index in [-0.39, 0.29) is 0 Å². The second kappa shape index (κ2) is 2.46. The lowest BCUT2D eigenvalue weighted by Gasteiger charge is -2.35. The summed E-state index contributed by atoms with van der Waals surface area (Å²) in [7, 11) is 0. The van der Waals surface area contributed by atoms with Gasteiger partial charge in [-0.05, 0) is 43.4 Å². The van der Waals surface area contributed by atoms with E-state index < -0.39 is 6.29 Å². The Kier molecular flexibility index (Phi) is 1.50. The predicted octanol–water partition coefficient (Wildman–Crippen LogP) is 1.39. The Hall–Kier alpha value is -0.0800. The number of rotatable bonds is 0. The fourth-order valence-electron chi connectivity index (χ4n) is 3.71. The molecular formula is C10H16O2. The summed E-state index contributed by atoms with van der Waals surface area (Å²) >= 11 is 0. The molecule has 3 fully saturated rings. The van der Waals surface area contributed by atoms with Gasteiger partial charge in [-0.2, -0.15) is 0 Å². The smallest absolute Gasteiger partial charge is 0.157 e. The van der Waals surface area contributed by atoms with Crippen LogP contribution in [0, 0.1) is 23.7 Å². The molecule has 12 heavy (non-hydrogen) atoms. The van der Waals surface area contributed by atoms with Crippen LogP contribution in [-0.4, -0.2) is 18.0 Å². The molecule has 3 aliphatic rings. The molecule has 0 radical (unpaired) electrons. The fourth-order valence-corrected chi connectivity index (χ4v) is 3.71. The highest BCUT2D eigenvalue weighted by Crippen LogP contribution is 2.54. The first-order valence-corrected chi connectivity index (χ1v) is 5.16. The standard InChI is InChI=1S/C10H16O2/c11-10-8-4-3-6-1-2-7(5-12-10)9(6)8/h6-11H,1-5H2. The van der Waals surface area contributed by atoms with Gasteiger partial charge in [-0.25, -0.2) is 0 Å². The summed E-state index contributed by atoms with van der Waals surface area (Å²) in [5.74, 6) is 3.01. The lowest BCUT2D eigenvalue weighted by Crippen LogP contribution is -2.38. The van der Waals surface area contributed by atoms with Crippen LogP contribution >= 0.6 is 0 Å². The molecule has 0 amide bonds. The maximum absolute atomic E-state index is 9.62. The zero-order chi connectivity index (χ0) is 8.13. The van der Waals surface area contributed by atoms with Crippen molar-refractivity contribution in [2.45, 2.75) is 32.0 Å². The van der Waals surface area contributed by atoms with E-state index in [2.05, 4.69) is 0 Å². The quantitative estimate of drug-likeness (QED) is 0.592. The van der Waals surface area contributed by atoms with Crippen molar-refractivity contribution in [3.8, 4) is 0 Å². The van der Waals surface area contributed by atoms with Crippen LogP contribution in [0.2, 0.25) is 0 Å². The monoisotopic (exact) mass is 168 g/mol. The van der Waals surface area contributed by atoms with Crippen LogP contribution in [-0.2, 0) is 4.74 Å².